The van der Waals surface area contributed by atoms with Crippen LogP contribution >= 0.6 is 11.6 Å². The average molecular weight is 243 g/mol. The topological polar surface area (TPSA) is 75.3 Å². The van der Waals surface area contributed by atoms with Gasteiger partial charge in [-0.25, -0.2) is 9.97 Å². The van der Waals surface area contributed by atoms with Gasteiger partial charge in [-0.05, 0) is 6.42 Å². The maximum Gasteiger partial charge on any atom is 0.153 e. The van der Waals surface area contributed by atoms with Gasteiger partial charge in [0, 0.05) is 18.5 Å². The molecule has 1 atom stereocenters. The Hall–Kier alpha value is -1.07. The second kappa shape index (κ2) is 4.07. The smallest absolute Gasteiger partial charge is 0.153 e. The van der Waals surface area contributed by atoms with Crippen molar-refractivity contribution in [1.82, 2.24) is 9.97 Å². The molecule has 1 fully saturated rings. The van der Waals surface area contributed by atoms with Gasteiger partial charge in [-0.1, -0.05) is 18.5 Å². The number of hydrogen-bond donors (Lipinski definition) is 2. The molecule has 1 aromatic rings. The van der Waals surface area contributed by atoms with E-state index in [1.54, 1.807) is 0 Å². The van der Waals surface area contributed by atoms with Crippen LogP contribution in [0.15, 0.2) is 6.33 Å². The first-order valence-corrected chi connectivity index (χ1v) is 5.55. The van der Waals surface area contributed by atoms with Crippen molar-refractivity contribution in [3.63, 3.8) is 0 Å². The lowest BCUT2D eigenvalue weighted by Crippen LogP contribution is -2.28. The average Bonchev–Trinajstić information content (AvgIpc) is 2.66. The number of rotatable bonds is 2. The van der Waals surface area contributed by atoms with E-state index in [2.05, 4.69) is 9.97 Å². The number of aliphatic hydroxyl groups is 1. The highest BCUT2D eigenvalue weighted by molar-refractivity contribution is 6.35. The van der Waals surface area contributed by atoms with Gasteiger partial charge in [-0.3, -0.25) is 0 Å². The Bertz CT molecular complexity index is 400. The number of nitrogens with zero attached hydrogens (tertiary/aromatic N) is 3. The molecular weight excluding hydrogens is 228 g/mol. The molecule has 0 unspecified atom stereocenters. The molecule has 16 heavy (non-hydrogen) atoms. The van der Waals surface area contributed by atoms with Gasteiger partial charge in [0.1, 0.15) is 17.2 Å². The summed E-state index contributed by atoms with van der Waals surface area (Å²) in [5.74, 6) is 0.954. The molecule has 6 heteroatoms. The van der Waals surface area contributed by atoms with E-state index in [0.29, 0.717) is 16.7 Å². The molecule has 3 N–H and O–H groups in total. The minimum absolute atomic E-state index is 0.0803. The Morgan fingerprint density at radius 1 is 1.62 bits per heavy atom. The Morgan fingerprint density at radius 3 is 3.00 bits per heavy atom. The minimum atomic E-state index is -0.0803. The molecule has 0 spiro atoms. The van der Waals surface area contributed by atoms with Gasteiger partial charge in [0.15, 0.2) is 5.82 Å². The van der Waals surface area contributed by atoms with Crippen molar-refractivity contribution >= 4 is 23.2 Å². The van der Waals surface area contributed by atoms with Crippen molar-refractivity contribution in [2.24, 2.45) is 5.41 Å². The normalized spacial score (nSPS) is 25.1. The number of halogens is 1. The quantitative estimate of drug-likeness (QED) is 0.807. The molecule has 2 rings (SSSR count). The van der Waals surface area contributed by atoms with Crippen LogP contribution in [0, 0.1) is 5.41 Å². The molecule has 1 aromatic heterocycles. The number of nitrogen functional groups attached to an aromatic ring is 1. The van der Waals surface area contributed by atoms with Crippen LogP contribution in [0.2, 0.25) is 5.02 Å². The van der Waals surface area contributed by atoms with Crippen molar-refractivity contribution in [2.45, 2.75) is 13.3 Å². The van der Waals surface area contributed by atoms with E-state index >= 15 is 0 Å². The van der Waals surface area contributed by atoms with Crippen LogP contribution in [0.1, 0.15) is 13.3 Å². The predicted molar refractivity (Wildman–Crippen MR) is 63.5 cm³/mol. The summed E-state index contributed by atoms with van der Waals surface area (Å²) >= 11 is 6.06. The van der Waals surface area contributed by atoms with E-state index in [1.807, 2.05) is 11.8 Å². The summed E-state index contributed by atoms with van der Waals surface area (Å²) < 4.78 is 0. The molecule has 1 aliphatic rings. The fourth-order valence-electron chi connectivity index (χ4n) is 1.93. The third kappa shape index (κ3) is 1.92. The Morgan fingerprint density at radius 2 is 2.38 bits per heavy atom. The predicted octanol–water partition coefficient (Wildman–Crippen LogP) is 0.921. The van der Waals surface area contributed by atoms with Gasteiger partial charge in [0.2, 0.25) is 0 Å². The van der Waals surface area contributed by atoms with Crippen LogP contribution in [-0.4, -0.2) is 34.8 Å². The largest absolute Gasteiger partial charge is 0.396 e. The SMILES string of the molecule is C[C@@]1(CO)CCN(c2ncnc(N)c2Cl)C1. The summed E-state index contributed by atoms with van der Waals surface area (Å²) in [4.78, 5) is 10.0. The van der Waals surface area contributed by atoms with E-state index in [0.717, 1.165) is 19.5 Å². The maximum absolute atomic E-state index is 9.30. The highest BCUT2D eigenvalue weighted by Gasteiger charge is 2.34. The molecule has 88 valence electrons. The van der Waals surface area contributed by atoms with Gasteiger partial charge in [-0.15, -0.1) is 0 Å². The molecule has 0 aromatic carbocycles. The first-order valence-electron chi connectivity index (χ1n) is 5.17. The number of anilines is 2. The first kappa shape index (κ1) is 11.4. The Kier molecular flexibility index (Phi) is 2.90. The molecular formula is C10H15ClN4O. The van der Waals surface area contributed by atoms with Crippen molar-refractivity contribution in [3.05, 3.63) is 11.3 Å². The fourth-order valence-corrected chi connectivity index (χ4v) is 2.14. The standard InChI is InChI=1S/C10H15ClN4O/c1-10(5-16)2-3-15(4-10)9-7(11)8(12)13-6-14-9/h6,16H,2-5H2,1H3,(H2,12,13,14)/t10-/m1/s1. The second-order valence-electron chi connectivity index (χ2n) is 4.54. The van der Waals surface area contributed by atoms with Gasteiger partial charge in [0.25, 0.3) is 0 Å². The van der Waals surface area contributed by atoms with E-state index < -0.39 is 0 Å². The lowest BCUT2D eigenvalue weighted by molar-refractivity contribution is 0.162. The molecule has 0 bridgehead atoms. The number of aromatic nitrogens is 2. The van der Waals surface area contributed by atoms with Crippen LogP contribution in [0.25, 0.3) is 0 Å². The van der Waals surface area contributed by atoms with E-state index in [-0.39, 0.29) is 12.0 Å². The van der Waals surface area contributed by atoms with E-state index in [4.69, 9.17) is 17.3 Å². The monoisotopic (exact) mass is 242 g/mol. The summed E-state index contributed by atoms with van der Waals surface area (Å²) in [5.41, 5.74) is 5.55. The number of nitrogens with two attached hydrogens (primary N) is 1. The highest BCUT2D eigenvalue weighted by atomic mass is 35.5. The molecule has 0 aliphatic carbocycles. The molecule has 1 saturated heterocycles. The van der Waals surface area contributed by atoms with Crippen LogP contribution in [0.4, 0.5) is 11.6 Å². The lowest BCUT2D eigenvalue weighted by atomic mass is 9.91. The van der Waals surface area contributed by atoms with Gasteiger partial charge in [0.05, 0.1) is 6.61 Å². The molecule has 0 radical (unpaired) electrons. The maximum atomic E-state index is 9.30. The highest BCUT2D eigenvalue weighted by Crippen LogP contribution is 2.35. The summed E-state index contributed by atoms with van der Waals surface area (Å²) in [6.45, 7) is 3.78. The molecule has 2 heterocycles. The summed E-state index contributed by atoms with van der Waals surface area (Å²) in [6.07, 6.45) is 2.33. The first-order chi connectivity index (χ1) is 7.56. The van der Waals surface area contributed by atoms with Gasteiger partial charge < -0.3 is 15.7 Å². The summed E-state index contributed by atoms with van der Waals surface area (Å²) in [5, 5.41) is 9.69. The minimum Gasteiger partial charge on any atom is -0.396 e. The Labute approximate surface area is 99.3 Å². The van der Waals surface area contributed by atoms with Crippen LogP contribution < -0.4 is 10.6 Å². The van der Waals surface area contributed by atoms with Crippen molar-refractivity contribution in [2.75, 3.05) is 30.3 Å². The van der Waals surface area contributed by atoms with Crippen LogP contribution in [0.3, 0.4) is 0 Å². The fraction of sp³-hybridized carbons (Fsp3) is 0.600. The Balaban J connectivity index is 2.24. The zero-order valence-electron chi connectivity index (χ0n) is 9.15. The summed E-state index contributed by atoms with van der Waals surface area (Å²) in [6, 6.07) is 0. The molecule has 1 aliphatic heterocycles. The molecule has 5 nitrogen and oxygen atoms in total. The second-order valence-corrected chi connectivity index (χ2v) is 4.91. The van der Waals surface area contributed by atoms with Crippen LogP contribution in [0.5, 0.6) is 0 Å². The van der Waals surface area contributed by atoms with Gasteiger partial charge >= 0.3 is 0 Å². The third-order valence-electron chi connectivity index (χ3n) is 3.04. The van der Waals surface area contributed by atoms with Crippen molar-refractivity contribution in [3.8, 4) is 0 Å². The van der Waals surface area contributed by atoms with Crippen molar-refractivity contribution in [1.29, 1.82) is 0 Å². The number of aliphatic hydroxyl groups excluding tert-OH is 1. The van der Waals surface area contributed by atoms with E-state index in [1.165, 1.54) is 6.33 Å². The van der Waals surface area contributed by atoms with Crippen molar-refractivity contribution < 1.29 is 5.11 Å². The number of hydrogen-bond acceptors (Lipinski definition) is 5. The molecule has 0 amide bonds. The zero-order valence-corrected chi connectivity index (χ0v) is 9.91. The van der Waals surface area contributed by atoms with Gasteiger partial charge in [-0.2, -0.15) is 0 Å². The van der Waals surface area contributed by atoms with E-state index in [9.17, 15) is 5.11 Å². The zero-order chi connectivity index (χ0) is 11.8. The third-order valence-corrected chi connectivity index (χ3v) is 3.40. The molecule has 0 saturated carbocycles. The summed E-state index contributed by atoms with van der Waals surface area (Å²) in [7, 11) is 0. The lowest BCUT2D eigenvalue weighted by Gasteiger charge is -2.23. The van der Waals surface area contributed by atoms with Crippen LogP contribution in [-0.2, 0) is 0 Å².